The molecule has 0 N–H and O–H groups in total. The number of hydrogen-bond acceptors (Lipinski definition) is 3. The van der Waals surface area contributed by atoms with Crippen LogP contribution in [0.15, 0.2) is 84.9 Å². The van der Waals surface area contributed by atoms with Crippen LogP contribution >= 0.6 is 0 Å². The number of benzene rings is 3. The summed E-state index contributed by atoms with van der Waals surface area (Å²) in [4.78, 5) is 15.0. The van der Waals surface area contributed by atoms with E-state index in [9.17, 15) is 4.79 Å². The molecule has 0 aliphatic heterocycles. The van der Waals surface area contributed by atoms with Crippen LogP contribution in [0, 0.1) is 6.92 Å². The second-order valence-corrected chi connectivity index (χ2v) is 7.11. The highest BCUT2D eigenvalue weighted by Gasteiger charge is 2.27. The van der Waals surface area contributed by atoms with Gasteiger partial charge in [-0.15, -0.1) is 0 Å². The largest absolute Gasteiger partial charge is 0.468 e. The Bertz CT molecular complexity index is 836. The minimum atomic E-state index is -0.354. The summed E-state index contributed by atoms with van der Waals surface area (Å²) in [5, 5.41) is 0. The molecular weight excluding hydrogens is 346 g/mol. The lowest BCUT2D eigenvalue weighted by atomic mass is 10.0. The van der Waals surface area contributed by atoms with Crippen molar-refractivity contribution in [3.05, 3.63) is 107 Å². The summed E-state index contributed by atoms with van der Waals surface area (Å²) in [6, 6.07) is 28.5. The minimum Gasteiger partial charge on any atom is -0.468 e. The van der Waals surface area contributed by atoms with Crippen molar-refractivity contribution >= 4 is 5.97 Å². The fourth-order valence-corrected chi connectivity index (χ4v) is 3.47. The van der Waals surface area contributed by atoms with Crippen molar-refractivity contribution < 1.29 is 9.53 Å². The van der Waals surface area contributed by atoms with Crippen LogP contribution in [-0.4, -0.2) is 24.0 Å². The lowest BCUT2D eigenvalue weighted by Gasteiger charge is -2.30. The maximum Gasteiger partial charge on any atom is 0.323 e. The van der Waals surface area contributed by atoms with Crippen molar-refractivity contribution in [2.75, 3.05) is 7.11 Å². The fourth-order valence-electron chi connectivity index (χ4n) is 3.47. The van der Waals surface area contributed by atoms with E-state index in [-0.39, 0.29) is 12.0 Å². The molecule has 3 aromatic rings. The molecule has 28 heavy (non-hydrogen) atoms. The van der Waals surface area contributed by atoms with Gasteiger partial charge in [0.2, 0.25) is 0 Å². The lowest BCUT2D eigenvalue weighted by molar-refractivity contribution is -0.147. The second kappa shape index (κ2) is 9.86. The summed E-state index contributed by atoms with van der Waals surface area (Å²) in [5.41, 5.74) is 4.69. The number of esters is 1. The summed E-state index contributed by atoms with van der Waals surface area (Å²) < 4.78 is 5.19. The predicted molar refractivity (Wildman–Crippen MR) is 113 cm³/mol. The molecule has 1 atom stereocenters. The third-order valence-corrected chi connectivity index (χ3v) is 4.88. The van der Waals surface area contributed by atoms with E-state index in [1.807, 2.05) is 42.5 Å². The Balaban J connectivity index is 1.91. The number of carbonyl (C=O) groups is 1. The highest BCUT2D eigenvalue weighted by Crippen LogP contribution is 2.18. The highest BCUT2D eigenvalue weighted by atomic mass is 16.5. The van der Waals surface area contributed by atoms with Crippen LogP contribution in [0.1, 0.15) is 22.3 Å². The van der Waals surface area contributed by atoms with Crippen LogP contribution in [0.2, 0.25) is 0 Å². The first-order chi connectivity index (χ1) is 13.7. The van der Waals surface area contributed by atoms with Crippen LogP contribution < -0.4 is 0 Å². The SMILES string of the molecule is COC(=O)C(Cc1cccc(C)c1)N(Cc1ccccc1)Cc1ccccc1. The average Bonchev–Trinajstić information content (AvgIpc) is 2.72. The predicted octanol–water partition coefficient (Wildman–Crippen LogP) is 4.78. The molecule has 3 rings (SSSR count). The van der Waals surface area contributed by atoms with E-state index >= 15 is 0 Å². The van der Waals surface area contributed by atoms with Gasteiger partial charge in [0.05, 0.1) is 7.11 Å². The van der Waals surface area contributed by atoms with Gasteiger partial charge in [-0.3, -0.25) is 9.69 Å². The fraction of sp³-hybridized carbons (Fsp3) is 0.240. The van der Waals surface area contributed by atoms with Crippen LogP contribution in [0.3, 0.4) is 0 Å². The average molecular weight is 373 g/mol. The molecule has 0 spiro atoms. The maximum atomic E-state index is 12.8. The van der Waals surface area contributed by atoms with Crippen LogP contribution in [-0.2, 0) is 29.0 Å². The van der Waals surface area contributed by atoms with Crippen molar-refractivity contribution in [2.24, 2.45) is 0 Å². The molecule has 0 aromatic heterocycles. The number of methoxy groups -OCH3 is 1. The van der Waals surface area contributed by atoms with Gasteiger partial charge in [-0.05, 0) is 30.0 Å². The van der Waals surface area contributed by atoms with E-state index in [2.05, 4.69) is 54.3 Å². The number of rotatable bonds is 8. The zero-order valence-electron chi connectivity index (χ0n) is 16.5. The van der Waals surface area contributed by atoms with Crippen molar-refractivity contribution in [1.82, 2.24) is 4.90 Å². The molecule has 0 saturated carbocycles. The van der Waals surface area contributed by atoms with E-state index < -0.39 is 0 Å². The normalized spacial score (nSPS) is 12.0. The monoisotopic (exact) mass is 373 g/mol. The molecule has 0 bridgehead atoms. The summed E-state index contributed by atoms with van der Waals surface area (Å²) in [6.07, 6.45) is 0.619. The number of ether oxygens (including phenoxy) is 1. The molecule has 0 radical (unpaired) electrons. The number of hydrogen-bond donors (Lipinski definition) is 0. The summed E-state index contributed by atoms with van der Waals surface area (Å²) in [7, 11) is 1.47. The zero-order chi connectivity index (χ0) is 19.8. The van der Waals surface area contributed by atoms with Crippen molar-refractivity contribution in [2.45, 2.75) is 32.5 Å². The van der Waals surface area contributed by atoms with Crippen molar-refractivity contribution in [3.8, 4) is 0 Å². The summed E-state index contributed by atoms with van der Waals surface area (Å²) in [6.45, 7) is 3.44. The van der Waals surface area contributed by atoms with Crippen LogP contribution in [0.4, 0.5) is 0 Å². The van der Waals surface area contributed by atoms with Crippen LogP contribution in [0.25, 0.3) is 0 Å². The Morgan fingerprint density at radius 1 is 0.821 bits per heavy atom. The van der Waals surface area contributed by atoms with E-state index in [1.165, 1.54) is 23.8 Å². The molecule has 0 aliphatic rings. The van der Waals surface area contributed by atoms with Gasteiger partial charge in [-0.1, -0.05) is 90.5 Å². The van der Waals surface area contributed by atoms with Gasteiger partial charge < -0.3 is 4.74 Å². The van der Waals surface area contributed by atoms with Gasteiger partial charge >= 0.3 is 5.97 Å². The molecule has 0 heterocycles. The topological polar surface area (TPSA) is 29.5 Å². The third kappa shape index (κ3) is 5.54. The van der Waals surface area contributed by atoms with Gasteiger partial charge in [-0.25, -0.2) is 0 Å². The molecule has 0 fully saturated rings. The summed E-state index contributed by atoms with van der Waals surface area (Å²) >= 11 is 0. The molecule has 3 nitrogen and oxygen atoms in total. The van der Waals surface area contributed by atoms with Gasteiger partial charge in [-0.2, -0.15) is 0 Å². The summed E-state index contributed by atoms with van der Waals surface area (Å²) in [5.74, 6) is -0.201. The molecule has 3 heteroatoms. The Morgan fingerprint density at radius 2 is 1.36 bits per heavy atom. The quantitative estimate of drug-likeness (QED) is 0.532. The first-order valence-electron chi connectivity index (χ1n) is 9.61. The number of aryl methyl sites for hydroxylation is 1. The molecule has 0 aliphatic carbocycles. The first-order valence-corrected chi connectivity index (χ1v) is 9.61. The molecule has 3 aromatic carbocycles. The van der Waals surface area contributed by atoms with E-state index in [0.29, 0.717) is 19.5 Å². The molecule has 1 unspecified atom stereocenters. The van der Waals surface area contributed by atoms with E-state index in [0.717, 1.165) is 5.56 Å². The van der Waals surface area contributed by atoms with Gasteiger partial charge in [0.15, 0.2) is 0 Å². The maximum absolute atomic E-state index is 12.8. The smallest absolute Gasteiger partial charge is 0.323 e. The molecule has 0 saturated heterocycles. The van der Waals surface area contributed by atoms with Gasteiger partial charge in [0.25, 0.3) is 0 Å². The standard InChI is InChI=1S/C25H27NO2/c1-20-10-9-15-23(16-20)17-24(25(27)28-2)26(18-21-11-5-3-6-12-21)19-22-13-7-4-8-14-22/h3-16,24H,17-19H2,1-2H3. The Labute approximate surface area is 167 Å². The minimum absolute atomic E-state index is 0.201. The third-order valence-electron chi connectivity index (χ3n) is 4.88. The second-order valence-electron chi connectivity index (χ2n) is 7.11. The van der Waals surface area contributed by atoms with E-state index in [4.69, 9.17) is 4.74 Å². The van der Waals surface area contributed by atoms with Crippen molar-refractivity contribution in [3.63, 3.8) is 0 Å². The Hall–Kier alpha value is -2.91. The molecule has 0 amide bonds. The number of carbonyl (C=O) groups excluding carboxylic acids is 1. The Kier molecular flexibility index (Phi) is 6.99. The first kappa shape index (κ1) is 19.8. The van der Waals surface area contributed by atoms with Crippen molar-refractivity contribution in [1.29, 1.82) is 0 Å². The van der Waals surface area contributed by atoms with Gasteiger partial charge in [0, 0.05) is 13.1 Å². The molecule has 144 valence electrons. The Morgan fingerprint density at radius 3 is 1.86 bits per heavy atom. The lowest BCUT2D eigenvalue weighted by Crippen LogP contribution is -2.42. The zero-order valence-corrected chi connectivity index (χ0v) is 16.5. The highest BCUT2D eigenvalue weighted by molar-refractivity contribution is 5.76. The molecular formula is C25H27NO2. The number of nitrogens with zero attached hydrogens (tertiary/aromatic N) is 1. The van der Waals surface area contributed by atoms with E-state index in [1.54, 1.807) is 0 Å². The van der Waals surface area contributed by atoms with Gasteiger partial charge in [0.1, 0.15) is 6.04 Å². The van der Waals surface area contributed by atoms with Crippen LogP contribution in [0.5, 0.6) is 0 Å².